The molecule has 1 atom stereocenters. The Morgan fingerprint density at radius 1 is 1.53 bits per heavy atom. The molecule has 1 aromatic heterocycles. The second kappa shape index (κ2) is 3.62. The van der Waals surface area contributed by atoms with E-state index in [1.807, 2.05) is 6.07 Å². The number of nitrogens with two attached hydrogens (primary N) is 1. The maximum Gasteiger partial charge on any atom is 0.311 e. The number of hydrogen-bond donors (Lipinski definition) is 2. The van der Waals surface area contributed by atoms with Crippen molar-refractivity contribution < 1.29 is 9.90 Å². The maximum atomic E-state index is 11.2. The molecule has 1 unspecified atom stereocenters. The highest BCUT2D eigenvalue weighted by molar-refractivity contribution is 5.77. The van der Waals surface area contributed by atoms with E-state index in [1.54, 1.807) is 18.3 Å². The van der Waals surface area contributed by atoms with Crippen molar-refractivity contribution in [2.75, 3.05) is 0 Å². The molecular weight excluding hydrogens is 192 g/mol. The molecule has 1 fully saturated rings. The summed E-state index contributed by atoms with van der Waals surface area (Å²) < 4.78 is 0. The Kier molecular flexibility index (Phi) is 2.44. The molecule has 4 nitrogen and oxygen atoms in total. The topological polar surface area (TPSA) is 76.2 Å². The summed E-state index contributed by atoms with van der Waals surface area (Å²) in [6, 6.07) is 4.92. The molecule has 2 rings (SSSR count). The number of aromatic nitrogens is 1. The van der Waals surface area contributed by atoms with E-state index in [0.29, 0.717) is 18.5 Å². The number of carboxylic acids is 1. The van der Waals surface area contributed by atoms with Gasteiger partial charge in [0.1, 0.15) is 0 Å². The molecule has 1 aliphatic rings. The zero-order valence-corrected chi connectivity index (χ0v) is 8.39. The molecule has 15 heavy (non-hydrogen) atoms. The fraction of sp³-hybridized carbons (Fsp3) is 0.455. The Bertz CT molecular complexity index is 360. The molecule has 0 aromatic carbocycles. The van der Waals surface area contributed by atoms with Gasteiger partial charge in [-0.15, -0.1) is 0 Å². The van der Waals surface area contributed by atoms with Crippen LogP contribution in [0.5, 0.6) is 0 Å². The lowest BCUT2D eigenvalue weighted by atomic mass is 9.63. The Balaban J connectivity index is 2.27. The average molecular weight is 206 g/mol. The smallest absolute Gasteiger partial charge is 0.311 e. The van der Waals surface area contributed by atoms with E-state index in [0.717, 1.165) is 6.42 Å². The predicted molar refractivity (Wildman–Crippen MR) is 55.1 cm³/mol. The number of carbonyl (C=O) groups is 1. The minimum atomic E-state index is -0.799. The summed E-state index contributed by atoms with van der Waals surface area (Å²) in [5.74, 6) is -0.799. The first-order chi connectivity index (χ1) is 7.17. The fourth-order valence-corrected chi connectivity index (χ4v) is 2.06. The van der Waals surface area contributed by atoms with Gasteiger partial charge in [0.05, 0.1) is 17.2 Å². The minimum absolute atomic E-state index is 0.495. The summed E-state index contributed by atoms with van der Waals surface area (Å²) in [6.45, 7) is 0. The first-order valence-corrected chi connectivity index (χ1v) is 5.07. The zero-order chi connectivity index (χ0) is 10.9. The lowest BCUT2D eigenvalue weighted by molar-refractivity contribution is -0.156. The highest BCUT2D eigenvalue weighted by Crippen LogP contribution is 2.48. The lowest BCUT2D eigenvalue weighted by Crippen LogP contribution is -2.47. The van der Waals surface area contributed by atoms with Gasteiger partial charge in [-0.05, 0) is 25.0 Å². The summed E-state index contributed by atoms with van der Waals surface area (Å²) >= 11 is 0. The third kappa shape index (κ3) is 1.51. The number of carboxylic acid groups (broad SMARTS) is 1. The Morgan fingerprint density at radius 2 is 2.27 bits per heavy atom. The summed E-state index contributed by atoms with van der Waals surface area (Å²) in [4.78, 5) is 15.3. The number of pyridine rings is 1. The van der Waals surface area contributed by atoms with E-state index in [1.165, 1.54) is 0 Å². The van der Waals surface area contributed by atoms with Gasteiger partial charge >= 0.3 is 5.97 Å². The predicted octanol–water partition coefficient (Wildman–Crippen LogP) is 1.34. The Labute approximate surface area is 88.1 Å². The Hall–Kier alpha value is -1.42. The van der Waals surface area contributed by atoms with Crippen LogP contribution in [0.15, 0.2) is 24.4 Å². The van der Waals surface area contributed by atoms with Crippen LogP contribution in [0.4, 0.5) is 0 Å². The molecule has 0 spiro atoms. The van der Waals surface area contributed by atoms with Crippen molar-refractivity contribution in [1.82, 2.24) is 4.98 Å². The van der Waals surface area contributed by atoms with Crippen molar-refractivity contribution in [2.45, 2.75) is 25.3 Å². The monoisotopic (exact) mass is 206 g/mol. The van der Waals surface area contributed by atoms with E-state index < -0.39 is 17.4 Å². The first kappa shape index (κ1) is 10.1. The van der Waals surface area contributed by atoms with Gasteiger partial charge in [0.25, 0.3) is 0 Å². The van der Waals surface area contributed by atoms with Gasteiger partial charge in [-0.25, -0.2) is 0 Å². The molecule has 1 aromatic rings. The standard InChI is InChI=1S/C11H14N2O2/c12-9(8-4-1-2-7-13-8)11(10(14)15)5-3-6-11/h1-2,4,7,9H,3,5-6,12H2,(H,14,15). The highest BCUT2D eigenvalue weighted by atomic mass is 16.4. The van der Waals surface area contributed by atoms with Crippen LogP contribution in [-0.2, 0) is 4.79 Å². The fourth-order valence-electron chi connectivity index (χ4n) is 2.06. The molecule has 0 radical (unpaired) electrons. The quantitative estimate of drug-likeness (QED) is 0.782. The van der Waals surface area contributed by atoms with E-state index in [-0.39, 0.29) is 0 Å². The molecule has 1 saturated carbocycles. The molecule has 0 saturated heterocycles. The van der Waals surface area contributed by atoms with Gasteiger partial charge in [-0.2, -0.15) is 0 Å². The van der Waals surface area contributed by atoms with E-state index in [4.69, 9.17) is 5.73 Å². The van der Waals surface area contributed by atoms with Gasteiger partial charge in [-0.3, -0.25) is 9.78 Å². The molecule has 80 valence electrons. The van der Waals surface area contributed by atoms with Crippen LogP contribution < -0.4 is 5.73 Å². The first-order valence-electron chi connectivity index (χ1n) is 5.07. The third-order valence-corrected chi connectivity index (χ3v) is 3.27. The zero-order valence-electron chi connectivity index (χ0n) is 8.39. The van der Waals surface area contributed by atoms with Gasteiger partial charge in [0, 0.05) is 6.20 Å². The molecule has 1 aliphatic carbocycles. The molecule has 0 amide bonds. The van der Waals surface area contributed by atoms with Crippen molar-refractivity contribution in [2.24, 2.45) is 11.1 Å². The summed E-state index contributed by atoms with van der Waals surface area (Å²) in [5.41, 5.74) is 5.88. The van der Waals surface area contributed by atoms with Gasteiger partial charge in [-0.1, -0.05) is 12.5 Å². The largest absolute Gasteiger partial charge is 0.481 e. The van der Waals surface area contributed by atoms with Crippen molar-refractivity contribution in [1.29, 1.82) is 0 Å². The molecule has 0 bridgehead atoms. The van der Waals surface area contributed by atoms with Crippen molar-refractivity contribution >= 4 is 5.97 Å². The van der Waals surface area contributed by atoms with Crippen LogP contribution in [0, 0.1) is 5.41 Å². The van der Waals surface area contributed by atoms with E-state index >= 15 is 0 Å². The summed E-state index contributed by atoms with van der Waals surface area (Å²) in [6.07, 6.45) is 3.89. The average Bonchev–Trinajstić information content (AvgIpc) is 2.16. The van der Waals surface area contributed by atoms with Gasteiger partial charge in [0.15, 0.2) is 0 Å². The van der Waals surface area contributed by atoms with Crippen LogP contribution in [-0.4, -0.2) is 16.1 Å². The Morgan fingerprint density at radius 3 is 2.67 bits per heavy atom. The SMILES string of the molecule is NC(c1ccccn1)C1(C(=O)O)CCC1. The molecular formula is C11H14N2O2. The van der Waals surface area contributed by atoms with Crippen molar-refractivity contribution in [3.05, 3.63) is 30.1 Å². The van der Waals surface area contributed by atoms with Crippen LogP contribution in [0.1, 0.15) is 31.0 Å². The van der Waals surface area contributed by atoms with Crippen molar-refractivity contribution in [3.8, 4) is 0 Å². The van der Waals surface area contributed by atoms with Gasteiger partial charge in [0.2, 0.25) is 0 Å². The van der Waals surface area contributed by atoms with Crippen molar-refractivity contribution in [3.63, 3.8) is 0 Å². The van der Waals surface area contributed by atoms with Crippen LogP contribution in [0.2, 0.25) is 0 Å². The normalized spacial score (nSPS) is 20.3. The number of nitrogens with zero attached hydrogens (tertiary/aromatic N) is 1. The second-order valence-corrected chi connectivity index (χ2v) is 4.05. The van der Waals surface area contributed by atoms with Crippen LogP contribution >= 0.6 is 0 Å². The third-order valence-electron chi connectivity index (χ3n) is 3.27. The van der Waals surface area contributed by atoms with Crippen LogP contribution in [0.25, 0.3) is 0 Å². The van der Waals surface area contributed by atoms with E-state index in [9.17, 15) is 9.90 Å². The summed E-state index contributed by atoms with van der Waals surface area (Å²) in [7, 11) is 0. The number of aliphatic carboxylic acids is 1. The van der Waals surface area contributed by atoms with Gasteiger partial charge < -0.3 is 10.8 Å². The minimum Gasteiger partial charge on any atom is -0.481 e. The number of hydrogen-bond acceptors (Lipinski definition) is 3. The number of rotatable bonds is 3. The molecule has 1 heterocycles. The lowest BCUT2D eigenvalue weighted by Gasteiger charge is -2.41. The maximum absolute atomic E-state index is 11.2. The molecule has 3 N–H and O–H groups in total. The van der Waals surface area contributed by atoms with Crippen LogP contribution in [0.3, 0.4) is 0 Å². The second-order valence-electron chi connectivity index (χ2n) is 4.05. The van der Waals surface area contributed by atoms with E-state index in [2.05, 4.69) is 4.98 Å². The summed E-state index contributed by atoms with van der Waals surface area (Å²) in [5, 5.41) is 9.21. The highest BCUT2D eigenvalue weighted by Gasteiger charge is 2.50. The molecule has 0 aliphatic heterocycles. The molecule has 4 heteroatoms.